The van der Waals surface area contributed by atoms with Gasteiger partial charge in [-0.1, -0.05) is 0 Å². The van der Waals surface area contributed by atoms with Crippen molar-refractivity contribution in [3.63, 3.8) is 0 Å². The number of aromatic nitrogens is 2. The van der Waals surface area contributed by atoms with Crippen molar-refractivity contribution in [1.29, 1.82) is 5.26 Å². The number of carbonyl (C=O) groups is 1. The Morgan fingerprint density at radius 3 is 2.94 bits per heavy atom. The number of nitrogens with zero attached hydrogens (tertiary/aromatic N) is 3. The molecule has 16 heavy (non-hydrogen) atoms. The van der Waals surface area contributed by atoms with Gasteiger partial charge in [-0.3, -0.25) is 10.00 Å². The molecule has 6 nitrogen and oxygen atoms in total. The molecule has 86 valence electrons. The van der Waals surface area contributed by atoms with Crippen molar-refractivity contribution in [3.05, 3.63) is 12.3 Å². The standard InChI is InChI=1S/C10H14N4O2/c1-10(2,3)16-9(15)12-8-4-6-14(13-8)7-5-11/h4,6H,7H2,1-3H3,(H,12,13,15). The van der Waals surface area contributed by atoms with Crippen molar-refractivity contribution < 1.29 is 9.53 Å². The van der Waals surface area contributed by atoms with Crippen LogP contribution in [0, 0.1) is 11.3 Å². The highest BCUT2D eigenvalue weighted by atomic mass is 16.6. The van der Waals surface area contributed by atoms with Gasteiger partial charge in [0.05, 0.1) is 6.07 Å². The molecule has 0 aliphatic heterocycles. The summed E-state index contributed by atoms with van der Waals surface area (Å²) in [7, 11) is 0. The van der Waals surface area contributed by atoms with Crippen LogP contribution in [0.3, 0.4) is 0 Å². The smallest absolute Gasteiger partial charge is 0.413 e. The number of nitriles is 1. The van der Waals surface area contributed by atoms with E-state index < -0.39 is 11.7 Å². The molecule has 1 aromatic rings. The fourth-order valence-corrected chi connectivity index (χ4v) is 0.997. The average molecular weight is 222 g/mol. The molecular formula is C10H14N4O2. The minimum atomic E-state index is -0.560. The van der Waals surface area contributed by atoms with E-state index in [1.54, 1.807) is 33.0 Å². The Labute approximate surface area is 93.8 Å². The van der Waals surface area contributed by atoms with E-state index in [2.05, 4.69) is 10.4 Å². The highest BCUT2D eigenvalue weighted by Gasteiger charge is 2.16. The summed E-state index contributed by atoms with van der Waals surface area (Å²) >= 11 is 0. The van der Waals surface area contributed by atoms with Crippen molar-refractivity contribution in [2.45, 2.75) is 32.9 Å². The molecule has 1 rings (SSSR count). The van der Waals surface area contributed by atoms with Gasteiger partial charge >= 0.3 is 6.09 Å². The van der Waals surface area contributed by atoms with Gasteiger partial charge in [0, 0.05) is 12.3 Å². The largest absolute Gasteiger partial charge is 0.444 e. The first-order chi connectivity index (χ1) is 7.40. The fraction of sp³-hybridized carbons (Fsp3) is 0.500. The minimum Gasteiger partial charge on any atom is -0.444 e. The number of rotatable bonds is 2. The Bertz CT molecular complexity index is 411. The molecule has 0 atom stereocenters. The Kier molecular flexibility index (Phi) is 3.51. The van der Waals surface area contributed by atoms with Gasteiger partial charge < -0.3 is 4.74 Å². The maximum atomic E-state index is 11.3. The lowest BCUT2D eigenvalue weighted by Crippen LogP contribution is -2.27. The van der Waals surface area contributed by atoms with Crippen molar-refractivity contribution in [3.8, 4) is 6.07 Å². The zero-order chi connectivity index (χ0) is 12.2. The maximum Gasteiger partial charge on any atom is 0.413 e. The third kappa shape index (κ3) is 4.00. The molecule has 0 fully saturated rings. The van der Waals surface area contributed by atoms with Crippen LogP contribution in [0.1, 0.15) is 20.8 Å². The summed E-state index contributed by atoms with van der Waals surface area (Å²) in [5, 5.41) is 14.9. The summed E-state index contributed by atoms with van der Waals surface area (Å²) in [4.78, 5) is 11.3. The number of hydrogen-bond donors (Lipinski definition) is 1. The first kappa shape index (κ1) is 12.0. The molecular weight excluding hydrogens is 208 g/mol. The van der Waals surface area contributed by atoms with Gasteiger partial charge in [-0.15, -0.1) is 0 Å². The van der Waals surface area contributed by atoms with Crippen LogP contribution in [0.25, 0.3) is 0 Å². The van der Waals surface area contributed by atoms with E-state index in [0.717, 1.165) is 0 Å². The second-order valence-electron chi connectivity index (χ2n) is 4.18. The van der Waals surface area contributed by atoms with Crippen LogP contribution in [-0.4, -0.2) is 21.5 Å². The molecule has 1 aromatic heterocycles. The summed E-state index contributed by atoms with van der Waals surface area (Å²) < 4.78 is 6.47. The molecule has 0 aliphatic carbocycles. The van der Waals surface area contributed by atoms with Gasteiger partial charge in [0.25, 0.3) is 0 Å². The third-order valence-corrected chi connectivity index (χ3v) is 1.50. The molecule has 6 heteroatoms. The van der Waals surface area contributed by atoms with E-state index in [9.17, 15) is 4.79 Å². The quantitative estimate of drug-likeness (QED) is 0.826. The van der Waals surface area contributed by atoms with Crippen LogP contribution in [0.2, 0.25) is 0 Å². The predicted octanol–water partition coefficient (Wildman–Crippen LogP) is 1.75. The van der Waals surface area contributed by atoms with Gasteiger partial charge in [0.15, 0.2) is 5.82 Å². The molecule has 0 spiro atoms. The topological polar surface area (TPSA) is 79.9 Å². The molecule has 1 amide bonds. The first-order valence-electron chi connectivity index (χ1n) is 4.81. The molecule has 0 saturated carbocycles. The molecule has 0 aromatic carbocycles. The lowest BCUT2D eigenvalue weighted by atomic mass is 10.2. The van der Waals surface area contributed by atoms with E-state index in [1.807, 2.05) is 6.07 Å². The maximum absolute atomic E-state index is 11.3. The van der Waals surface area contributed by atoms with Gasteiger partial charge in [-0.2, -0.15) is 10.4 Å². The summed E-state index contributed by atoms with van der Waals surface area (Å²) in [6.45, 7) is 5.48. The Balaban J connectivity index is 2.54. The van der Waals surface area contributed by atoms with Gasteiger partial charge in [-0.05, 0) is 20.8 Å². The van der Waals surface area contributed by atoms with Gasteiger partial charge in [0.2, 0.25) is 0 Å². The minimum absolute atomic E-state index is 0.149. The number of ether oxygens (including phenoxy) is 1. The van der Waals surface area contributed by atoms with E-state index in [4.69, 9.17) is 10.00 Å². The second-order valence-corrected chi connectivity index (χ2v) is 4.18. The Morgan fingerprint density at radius 1 is 1.69 bits per heavy atom. The highest BCUT2D eigenvalue weighted by Crippen LogP contribution is 2.09. The van der Waals surface area contributed by atoms with Crippen LogP contribution >= 0.6 is 0 Å². The van der Waals surface area contributed by atoms with E-state index in [1.165, 1.54) is 4.68 Å². The normalized spacial score (nSPS) is 10.6. The van der Waals surface area contributed by atoms with Crippen molar-refractivity contribution >= 4 is 11.9 Å². The van der Waals surface area contributed by atoms with Crippen molar-refractivity contribution in [1.82, 2.24) is 9.78 Å². The van der Waals surface area contributed by atoms with E-state index >= 15 is 0 Å². The summed E-state index contributed by atoms with van der Waals surface area (Å²) in [6, 6.07) is 3.54. The van der Waals surface area contributed by atoms with Gasteiger partial charge in [-0.25, -0.2) is 4.79 Å². The number of anilines is 1. The number of nitrogens with one attached hydrogen (secondary N) is 1. The summed E-state index contributed by atoms with van der Waals surface area (Å²) in [5.41, 5.74) is -0.542. The second kappa shape index (κ2) is 4.66. The molecule has 0 bridgehead atoms. The molecule has 0 unspecified atom stereocenters. The number of carbonyl (C=O) groups excluding carboxylic acids is 1. The molecule has 0 radical (unpaired) electrons. The SMILES string of the molecule is CC(C)(C)OC(=O)Nc1ccn(CC#N)n1. The molecule has 1 heterocycles. The Morgan fingerprint density at radius 2 is 2.38 bits per heavy atom. The summed E-state index contributed by atoms with van der Waals surface area (Å²) in [5.74, 6) is 0.365. The van der Waals surface area contributed by atoms with Crippen LogP contribution < -0.4 is 5.32 Å². The highest BCUT2D eigenvalue weighted by molar-refractivity contribution is 5.83. The van der Waals surface area contributed by atoms with Crippen LogP contribution in [0.4, 0.5) is 10.6 Å². The van der Waals surface area contributed by atoms with E-state index in [-0.39, 0.29) is 6.54 Å². The molecule has 1 N–H and O–H groups in total. The zero-order valence-corrected chi connectivity index (χ0v) is 9.52. The van der Waals surface area contributed by atoms with Crippen LogP contribution in [-0.2, 0) is 11.3 Å². The lowest BCUT2D eigenvalue weighted by molar-refractivity contribution is 0.0635. The molecule has 0 aliphatic rings. The number of amides is 1. The van der Waals surface area contributed by atoms with E-state index in [0.29, 0.717) is 5.82 Å². The Hall–Kier alpha value is -2.03. The zero-order valence-electron chi connectivity index (χ0n) is 9.52. The third-order valence-electron chi connectivity index (χ3n) is 1.50. The number of hydrogen-bond acceptors (Lipinski definition) is 4. The van der Waals surface area contributed by atoms with Crippen molar-refractivity contribution in [2.24, 2.45) is 0 Å². The van der Waals surface area contributed by atoms with Crippen LogP contribution in [0.5, 0.6) is 0 Å². The van der Waals surface area contributed by atoms with Crippen molar-refractivity contribution in [2.75, 3.05) is 5.32 Å². The lowest BCUT2D eigenvalue weighted by Gasteiger charge is -2.18. The van der Waals surface area contributed by atoms with Gasteiger partial charge in [0.1, 0.15) is 12.1 Å². The fourth-order valence-electron chi connectivity index (χ4n) is 0.997. The summed E-state index contributed by atoms with van der Waals surface area (Å²) in [6.07, 6.45) is 1.05. The molecule has 0 saturated heterocycles. The average Bonchev–Trinajstić information content (AvgIpc) is 2.49. The first-order valence-corrected chi connectivity index (χ1v) is 4.81. The monoisotopic (exact) mass is 222 g/mol. The van der Waals surface area contributed by atoms with Crippen LogP contribution in [0.15, 0.2) is 12.3 Å². The predicted molar refractivity (Wildman–Crippen MR) is 57.7 cm³/mol.